The number of aromatic nitrogens is 2. The van der Waals surface area contributed by atoms with E-state index in [0.29, 0.717) is 0 Å². The maximum atomic E-state index is 4.34. The molecule has 3 heteroatoms. The van der Waals surface area contributed by atoms with Crippen LogP contribution in [-0.2, 0) is 13.1 Å². The van der Waals surface area contributed by atoms with Crippen molar-refractivity contribution >= 4 is 0 Å². The minimum absolute atomic E-state index is 0.729. The highest BCUT2D eigenvalue weighted by atomic mass is 15.1. The minimum Gasteiger partial charge on any atom is -0.334 e. The molecule has 2 rings (SSSR count). The molecule has 3 nitrogen and oxygen atoms in total. The molecule has 0 bridgehead atoms. The van der Waals surface area contributed by atoms with Crippen molar-refractivity contribution in [3.05, 3.63) is 18.2 Å². The Labute approximate surface area is 85.5 Å². The zero-order chi connectivity index (χ0) is 9.97. The quantitative estimate of drug-likeness (QED) is 0.790. The summed E-state index contributed by atoms with van der Waals surface area (Å²) in [6, 6.07) is 0.729. The number of aryl methyl sites for hydroxylation is 1. The number of nitrogens with one attached hydrogen (secondary N) is 1. The van der Waals surface area contributed by atoms with Gasteiger partial charge in [-0.05, 0) is 25.7 Å². The summed E-state index contributed by atoms with van der Waals surface area (Å²) in [5, 5.41) is 3.54. The topological polar surface area (TPSA) is 29.9 Å². The lowest BCUT2D eigenvalue weighted by atomic mass is 9.82. The third-order valence-corrected chi connectivity index (χ3v) is 3.07. The Morgan fingerprint density at radius 1 is 1.57 bits per heavy atom. The van der Waals surface area contributed by atoms with Crippen molar-refractivity contribution in [1.82, 2.24) is 14.9 Å². The fraction of sp³-hybridized carbons (Fsp3) is 0.727. The molecule has 0 aliphatic heterocycles. The fourth-order valence-electron chi connectivity index (χ4n) is 2.10. The number of hydrogen-bond acceptors (Lipinski definition) is 2. The van der Waals surface area contributed by atoms with Gasteiger partial charge in [-0.15, -0.1) is 0 Å². The van der Waals surface area contributed by atoms with Crippen molar-refractivity contribution in [3.63, 3.8) is 0 Å². The lowest BCUT2D eigenvalue weighted by molar-refractivity contribution is 0.238. The zero-order valence-corrected chi connectivity index (χ0v) is 9.03. The molecule has 0 spiro atoms. The third-order valence-electron chi connectivity index (χ3n) is 3.07. The van der Waals surface area contributed by atoms with Gasteiger partial charge in [0.2, 0.25) is 0 Å². The number of nitrogens with zero attached hydrogens (tertiary/aromatic N) is 2. The molecule has 0 aromatic carbocycles. The van der Waals surface area contributed by atoms with E-state index < -0.39 is 0 Å². The van der Waals surface area contributed by atoms with Gasteiger partial charge >= 0.3 is 0 Å². The minimum atomic E-state index is 0.729. The molecule has 0 amide bonds. The van der Waals surface area contributed by atoms with E-state index in [-0.39, 0.29) is 0 Å². The highest BCUT2D eigenvalue weighted by molar-refractivity contribution is 4.93. The van der Waals surface area contributed by atoms with Crippen LogP contribution in [-0.4, -0.2) is 15.6 Å². The standard InChI is InChI=1S/C11H19N3/c1-3-14-5-4-12-11(14)8-13-10-6-9(2)7-10/h4-5,9-10,13H,3,6-8H2,1-2H3. The van der Waals surface area contributed by atoms with Crippen LogP contribution in [0.3, 0.4) is 0 Å². The van der Waals surface area contributed by atoms with Gasteiger partial charge in [0.15, 0.2) is 0 Å². The molecule has 1 aliphatic carbocycles. The summed E-state index contributed by atoms with van der Waals surface area (Å²) in [5.41, 5.74) is 0. The van der Waals surface area contributed by atoms with E-state index in [1.807, 2.05) is 12.4 Å². The van der Waals surface area contributed by atoms with Gasteiger partial charge < -0.3 is 9.88 Å². The summed E-state index contributed by atoms with van der Waals surface area (Å²) >= 11 is 0. The Kier molecular flexibility index (Phi) is 2.87. The Balaban J connectivity index is 1.80. The predicted octanol–water partition coefficient (Wildman–Crippen LogP) is 1.79. The van der Waals surface area contributed by atoms with Gasteiger partial charge in [-0.2, -0.15) is 0 Å². The Morgan fingerprint density at radius 3 is 3.00 bits per heavy atom. The zero-order valence-electron chi connectivity index (χ0n) is 9.03. The Morgan fingerprint density at radius 2 is 2.36 bits per heavy atom. The van der Waals surface area contributed by atoms with E-state index in [1.165, 1.54) is 12.8 Å². The second-order valence-corrected chi connectivity index (χ2v) is 4.28. The molecular formula is C11H19N3. The predicted molar refractivity (Wildman–Crippen MR) is 56.9 cm³/mol. The first-order valence-electron chi connectivity index (χ1n) is 5.53. The van der Waals surface area contributed by atoms with Crippen molar-refractivity contribution in [3.8, 4) is 0 Å². The van der Waals surface area contributed by atoms with Gasteiger partial charge in [0, 0.05) is 25.0 Å². The summed E-state index contributed by atoms with van der Waals surface area (Å²) in [6.07, 6.45) is 6.57. The molecule has 14 heavy (non-hydrogen) atoms. The fourth-order valence-corrected chi connectivity index (χ4v) is 2.10. The van der Waals surface area contributed by atoms with E-state index >= 15 is 0 Å². The molecule has 0 atom stereocenters. The average Bonchev–Trinajstić information content (AvgIpc) is 2.57. The molecule has 1 N–H and O–H groups in total. The van der Waals surface area contributed by atoms with Gasteiger partial charge in [0.1, 0.15) is 5.82 Å². The van der Waals surface area contributed by atoms with E-state index in [4.69, 9.17) is 0 Å². The number of hydrogen-bond donors (Lipinski definition) is 1. The van der Waals surface area contributed by atoms with Crippen molar-refractivity contribution in [2.45, 2.75) is 45.8 Å². The van der Waals surface area contributed by atoms with Gasteiger partial charge in [-0.3, -0.25) is 0 Å². The van der Waals surface area contributed by atoms with Gasteiger partial charge in [-0.1, -0.05) is 6.92 Å². The van der Waals surface area contributed by atoms with Crippen molar-refractivity contribution < 1.29 is 0 Å². The first kappa shape index (κ1) is 9.71. The first-order chi connectivity index (χ1) is 6.79. The van der Waals surface area contributed by atoms with Gasteiger partial charge in [0.25, 0.3) is 0 Å². The lowest BCUT2D eigenvalue weighted by Gasteiger charge is -2.33. The van der Waals surface area contributed by atoms with Crippen LogP contribution in [0.15, 0.2) is 12.4 Å². The molecule has 1 aromatic rings. The largest absolute Gasteiger partial charge is 0.334 e. The maximum Gasteiger partial charge on any atom is 0.122 e. The van der Waals surface area contributed by atoms with Crippen LogP contribution < -0.4 is 5.32 Å². The third kappa shape index (κ3) is 1.98. The molecule has 1 aliphatic rings. The molecule has 0 saturated heterocycles. The molecule has 1 fully saturated rings. The Bertz CT molecular complexity index is 286. The summed E-state index contributed by atoms with van der Waals surface area (Å²) in [5.74, 6) is 2.07. The SMILES string of the molecule is CCn1ccnc1CNC1CC(C)C1. The van der Waals surface area contributed by atoms with Crippen molar-refractivity contribution in [2.24, 2.45) is 5.92 Å². The highest BCUT2D eigenvalue weighted by Crippen LogP contribution is 2.26. The highest BCUT2D eigenvalue weighted by Gasteiger charge is 2.24. The van der Waals surface area contributed by atoms with Crippen LogP contribution in [0.25, 0.3) is 0 Å². The summed E-state index contributed by atoms with van der Waals surface area (Å²) in [4.78, 5) is 4.34. The summed E-state index contributed by atoms with van der Waals surface area (Å²) < 4.78 is 2.19. The number of rotatable bonds is 4. The van der Waals surface area contributed by atoms with E-state index in [0.717, 1.165) is 30.9 Å². The molecule has 1 saturated carbocycles. The van der Waals surface area contributed by atoms with Gasteiger partial charge in [-0.25, -0.2) is 4.98 Å². The number of imidazole rings is 1. The summed E-state index contributed by atoms with van der Waals surface area (Å²) in [7, 11) is 0. The van der Waals surface area contributed by atoms with E-state index in [1.54, 1.807) is 0 Å². The first-order valence-corrected chi connectivity index (χ1v) is 5.53. The summed E-state index contributed by atoms with van der Waals surface area (Å²) in [6.45, 7) is 6.39. The monoisotopic (exact) mass is 193 g/mol. The molecular weight excluding hydrogens is 174 g/mol. The van der Waals surface area contributed by atoms with Crippen LogP contribution in [0.4, 0.5) is 0 Å². The maximum absolute atomic E-state index is 4.34. The smallest absolute Gasteiger partial charge is 0.122 e. The van der Waals surface area contributed by atoms with Gasteiger partial charge in [0.05, 0.1) is 6.54 Å². The Hall–Kier alpha value is -0.830. The van der Waals surface area contributed by atoms with Crippen LogP contribution >= 0.6 is 0 Å². The van der Waals surface area contributed by atoms with Crippen LogP contribution in [0, 0.1) is 5.92 Å². The van der Waals surface area contributed by atoms with Crippen LogP contribution in [0.2, 0.25) is 0 Å². The second-order valence-electron chi connectivity index (χ2n) is 4.28. The molecule has 1 heterocycles. The molecule has 1 aromatic heterocycles. The molecule has 0 radical (unpaired) electrons. The van der Waals surface area contributed by atoms with Crippen LogP contribution in [0.1, 0.15) is 32.5 Å². The van der Waals surface area contributed by atoms with E-state index in [2.05, 4.69) is 28.7 Å². The molecule has 78 valence electrons. The lowest BCUT2D eigenvalue weighted by Crippen LogP contribution is -2.40. The molecule has 0 unspecified atom stereocenters. The van der Waals surface area contributed by atoms with Crippen molar-refractivity contribution in [2.75, 3.05) is 0 Å². The van der Waals surface area contributed by atoms with Crippen molar-refractivity contribution in [1.29, 1.82) is 0 Å². The van der Waals surface area contributed by atoms with Crippen LogP contribution in [0.5, 0.6) is 0 Å². The van der Waals surface area contributed by atoms with E-state index in [9.17, 15) is 0 Å². The second kappa shape index (κ2) is 4.13. The normalized spacial score (nSPS) is 26.1. The average molecular weight is 193 g/mol.